The van der Waals surface area contributed by atoms with Gasteiger partial charge in [0.15, 0.2) is 0 Å². The van der Waals surface area contributed by atoms with E-state index in [2.05, 4.69) is 15.9 Å². The Bertz CT molecular complexity index is 629. The van der Waals surface area contributed by atoms with E-state index < -0.39 is 5.41 Å². The molecule has 0 spiro atoms. The van der Waals surface area contributed by atoms with Crippen LogP contribution in [0.15, 0.2) is 46.9 Å². The van der Waals surface area contributed by atoms with Gasteiger partial charge in [-0.05, 0) is 35.7 Å². The summed E-state index contributed by atoms with van der Waals surface area (Å²) in [5.41, 5.74) is 0.00715. The third kappa shape index (κ3) is 3.46. The van der Waals surface area contributed by atoms with Crippen LogP contribution in [0, 0.1) is 5.82 Å². The lowest BCUT2D eigenvalue weighted by atomic mass is 9.76. The second-order valence-corrected chi connectivity index (χ2v) is 6.31. The Labute approximate surface area is 136 Å². The monoisotopic (exact) mass is 372 g/mol. The summed E-state index contributed by atoms with van der Waals surface area (Å²) in [7, 11) is 0. The van der Waals surface area contributed by atoms with Gasteiger partial charge in [-0.3, -0.25) is 0 Å². The molecular formula is C16H15BrClFO2. The van der Waals surface area contributed by atoms with Crippen LogP contribution in [0.25, 0.3) is 0 Å². The molecule has 0 bridgehead atoms. The van der Waals surface area contributed by atoms with Crippen LogP contribution in [-0.4, -0.2) is 23.4 Å². The predicted octanol–water partition coefficient (Wildman–Crippen LogP) is 3.71. The average molecular weight is 374 g/mol. The number of rotatable bonds is 5. The zero-order valence-electron chi connectivity index (χ0n) is 11.2. The molecule has 5 heteroatoms. The highest BCUT2D eigenvalue weighted by Crippen LogP contribution is 2.34. The zero-order valence-corrected chi connectivity index (χ0v) is 13.5. The quantitative estimate of drug-likeness (QED) is 0.839. The molecule has 0 saturated carbocycles. The Morgan fingerprint density at radius 1 is 1.10 bits per heavy atom. The van der Waals surface area contributed by atoms with Gasteiger partial charge < -0.3 is 10.2 Å². The van der Waals surface area contributed by atoms with Gasteiger partial charge >= 0.3 is 0 Å². The Kier molecular flexibility index (Phi) is 5.38. The minimum Gasteiger partial charge on any atom is -0.395 e. The molecule has 2 aromatic rings. The summed E-state index contributed by atoms with van der Waals surface area (Å²) in [6.07, 6.45) is 0.156. The third-order valence-electron chi connectivity index (χ3n) is 3.59. The molecule has 2 N–H and O–H groups in total. The molecule has 0 radical (unpaired) electrons. The highest BCUT2D eigenvalue weighted by atomic mass is 79.9. The highest BCUT2D eigenvalue weighted by molar-refractivity contribution is 9.10. The van der Waals surface area contributed by atoms with Crippen molar-refractivity contribution in [3.63, 3.8) is 0 Å². The maximum absolute atomic E-state index is 14.0. The first-order valence-corrected chi connectivity index (χ1v) is 7.60. The molecule has 0 aliphatic rings. The summed E-state index contributed by atoms with van der Waals surface area (Å²) in [6.45, 7) is -0.661. The molecule has 2 aromatic carbocycles. The van der Waals surface area contributed by atoms with Gasteiger partial charge in [-0.15, -0.1) is 0 Å². The Morgan fingerprint density at radius 2 is 1.76 bits per heavy atom. The molecular weight excluding hydrogens is 359 g/mol. The fraction of sp³-hybridized carbons (Fsp3) is 0.250. The molecule has 2 rings (SSSR count). The summed E-state index contributed by atoms with van der Waals surface area (Å²) >= 11 is 9.38. The number of aliphatic hydroxyl groups is 2. The van der Waals surface area contributed by atoms with E-state index in [0.29, 0.717) is 20.6 Å². The smallest absolute Gasteiger partial charge is 0.127 e. The van der Waals surface area contributed by atoms with Gasteiger partial charge in [-0.2, -0.15) is 0 Å². The lowest BCUT2D eigenvalue weighted by Gasteiger charge is -2.31. The maximum atomic E-state index is 14.0. The van der Waals surface area contributed by atoms with E-state index in [1.807, 2.05) is 0 Å². The van der Waals surface area contributed by atoms with Crippen LogP contribution in [0.4, 0.5) is 4.39 Å². The van der Waals surface area contributed by atoms with Crippen LogP contribution in [-0.2, 0) is 11.8 Å². The van der Waals surface area contributed by atoms with E-state index in [4.69, 9.17) is 11.6 Å². The van der Waals surface area contributed by atoms with Gasteiger partial charge in [0.2, 0.25) is 0 Å². The van der Waals surface area contributed by atoms with Crippen molar-refractivity contribution in [2.24, 2.45) is 0 Å². The fourth-order valence-electron chi connectivity index (χ4n) is 2.35. The number of hydrogen-bond acceptors (Lipinski definition) is 2. The van der Waals surface area contributed by atoms with Crippen molar-refractivity contribution in [1.29, 1.82) is 0 Å². The topological polar surface area (TPSA) is 40.5 Å². The molecule has 2 nitrogen and oxygen atoms in total. The second-order valence-electron chi connectivity index (χ2n) is 4.99. The first kappa shape index (κ1) is 16.4. The van der Waals surface area contributed by atoms with Gasteiger partial charge in [0.1, 0.15) is 5.82 Å². The fourth-order valence-corrected chi connectivity index (χ4v) is 3.02. The molecule has 0 saturated heterocycles. The van der Waals surface area contributed by atoms with Gasteiger partial charge in [0, 0.05) is 14.9 Å². The van der Waals surface area contributed by atoms with Gasteiger partial charge in [0.25, 0.3) is 0 Å². The SMILES string of the molecule is OCC(CO)(Cc1ccc(Br)cc1F)c1ccccc1Cl. The van der Waals surface area contributed by atoms with E-state index in [0.717, 1.165) is 0 Å². The largest absolute Gasteiger partial charge is 0.395 e. The van der Waals surface area contributed by atoms with Crippen molar-refractivity contribution >= 4 is 27.5 Å². The Morgan fingerprint density at radius 3 is 2.33 bits per heavy atom. The van der Waals surface area contributed by atoms with Crippen LogP contribution in [0.1, 0.15) is 11.1 Å². The second kappa shape index (κ2) is 6.88. The third-order valence-corrected chi connectivity index (χ3v) is 4.42. The first-order chi connectivity index (χ1) is 10.0. The highest BCUT2D eigenvalue weighted by Gasteiger charge is 2.34. The van der Waals surface area contributed by atoms with Gasteiger partial charge in [-0.25, -0.2) is 4.39 Å². The number of halogens is 3. The summed E-state index contributed by atoms with van der Waals surface area (Å²) < 4.78 is 14.7. The van der Waals surface area contributed by atoms with E-state index in [1.54, 1.807) is 36.4 Å². The van der Waals surface area contributed by atoms with Gasteiger partial charge in [-0.1, -0.05) is 51.8 Å². The minimum absolute atomic E-state index is 0.156. The van der Waals surface area contributed by atoms with Crippen molar-refractivity contribution in [1.82, 2.24) is 0 Å². The molecule has 0 unspecified atom stereocenters. The maximum Gasteiger partial charge on any atom is 0.127 e. The van der Waals surface area contributed by atoms with Crippen LogP contribution in [0.3, 0.4) is 0 Å². The van der Waals surface area contributed by atoms with E-state index in [1.165, 1.54) is 6.07 Å². The Hall–Kier alpha value is -0.940. The molecule has 0 aliphatic carbocycles. The molecule has 0 atom stereocenters. The summed E-state index contributed by atoms with van der Waals surface area (Å²) in [5, 5.41) is 20.1. The van der Waals surface area contributed by atoms with Crippen LogP contribution < -0.4 is 0 Å². The van der Waals surface area contributed by atoms with E-state index >= 15 is 0 Å². The molecule has 21 heavy (non-hydrogen) atoms. The van der Waals surface area contributed by atoms with E-state index in [-0.39, 0.29) is 25.5 Å². The van der Waals surface area contributed by atoms with Crippen molar-refractivity contribution in [3.8, 4) is 0 Å². The minimum atomic E-state index is -1.02. The summed E-state index contributed by atoms with van der Waals surface area (Å²) in [5.74, 6) is -0.386. The standard InChI is InChI=1S/C16H15BrClFO2/c17-12-6-5-11(15(19)7-12)8-16(9-20,10-21)13-3-1-2-4-14(13)18/h1-7,20-21H,8-10H2. The normalized spacial score (nSPS) is 11.7. The average Bonchev–Trinajstić information content (AvgIpc) is 2.48. The van der Waals surface area contributed by atoms with Crippen molar-refractivity contribution in [2.75, 3.05) is 13.2 Å². The number of aliphatic hydroxyl groups excluding tert-OH is 2. The van der Waals surface area contributed by atoms with Crippen LogP contribution in [0.5, 0.6) is 0 Å². The Balaban J connectivity index is 2.46. The predicted molar refractivity (Wildman–Crippen MR) is 85.1 cm³/mol. The first-order valence-electron chi connectivity index (χ1n) is 6.43. The summed E-state index contributed by atoms with van der Waals surface area (Å²) in [4.78, 5) is 0. The number of benzene rings is 2. The molecule has 0 amide bonds. The van der Waals surface area contributed by atoms with Crippen molar-refractivity contribution in [2.45, 2.75) is 11.8 Å². The molecule has 0 heterocycles. The lowest BCUT2D eigenvalue weighted by Crippen LogP contribution is -2.37. The van der Waals surface area contributed by atoms with Crippen molar-refractivity contribution in [3.05, 3.63) is 68.9 Å². The molecule has 112 valence electrons. The van der Waals surface area contributed by atoms with Crippen LogP contribution >= 0.6 is 27.5 Å². The molecule has 0 fully saturated rings. The summed E-state index contributed by atoms with van der Waals surface area (Å²) in [6, 6.07) is 11.7. The van der Waals surface area contributed by atoms with Crippen LogP contribution in [0.2, 0.25) is 5.02 Å². The van der Waals surface area contributed by atoms with Crippen molar-refractivity contribution < 1.29 is 14.6 Å². The zero-order chi connectivity index (χ0) is 15.5. The number of hydrogen-bond donors (Lipinski definition) is 2. The van der Waals surface area contributed by atoms with E-state index in [9.17, 15) is 14.6 Å². The molecule has 0 aliphatic heterocycles. The van der Waals surface area contributed by atoms with Gasteiger partial charge in [0.05, 0.1) is 13.2 Å². The lowest BCUT2D eigenvalue weighted by molar-refractivity contribution is 0.115. The molecule has 0 aromatic heterocycles.